The van der Waals surface area contributed by atoms with Crippen LogP contribution >= 0.6 is 11.6 Å². The highest BCUT2D eigenvalue weighted by atomic mass is 35.5. The standard InChI is InChI=1S/C22H27ClN4O2/c1-16-7-9-18(29-16)13-24-14-19-21(25-20-10-8-17(23)15-27(19)20)22(28)26-11-5-3-2-4-6-12-26/h7-10,15,24H,2-6,11-14H2,1H3. The summed E-state index contributed by atoms with van der Waals surface area (Å²) in [5, 5.41) is 4.00. The molecule has 6 nitrogen and oxygen atoms in total. The molecule has 1 aliphatic heterocycles. The molecule has 0 atom stereocenters. The highest BCUT2D eigenvalue weighted by Gasteiger charge is 2.24. The minimum Gasteiger partial charge on any atom is -0.465 e. The zero-order valence-electron chi connectivity index (χ0n) is 16.8. The second-order valence-electron chi connectivity index (χ2n) is 7.66. The SMILES string of the molecule is Cc1ccc(CNCc2c(C(=O)N3CCCCCCC3)nc3ccc(Cl)cn23)o1. The van der Waals surface area contributed by atoms with Crippen LogP contribution < -0.4 is 5.32 Å². The first kappa shape index (κ1) is 20.0. The Hall–Kier alpha value is -2.31. The molecule has 3 aromatic rings. The van der Waals surface area contributed by atoms with Gasteiger partial charge >= 0.3 is 0 Å². The van der Waals surface area contributed by atoms with Gasteiger partial charge in [-0.3, -0.25) is 4.79 Å². The van der Waals surface area contributed by atoms with Crippen LogP contribution in [-0.2, 0) is 13.1 Å². The van der Waals surface area contributed by atoms with Crippen molar-refractivity contribution in [3.8, 4) is 0 Å². The first-order chi connectivity index (χ1) is 14.1. The normalized spacial score (nSPS) is 15.4. The highest BCUT2D eigenvalue weighted by Crippen LogP contribution is 2.20. The summed E-state index contributed by atoms with van der Waals surface area (Å²) in [6, 6.07) is 7.56. The van der Waals surface area contributed by atoms with E-state index in [-0.39, 0.29) is 5.91 Å². The first-order valence-electron chi connectivity index (χ1n) is 10.3. The molecule has 0 spiro atoms. The molecule has 1 amide bonds. The van der Waals surface area contributed by atoms with Crippen molar-refractivity contribution in [2.75, 3.05) is 13.1 Å². The molecule has 4 heterocycles. The molecule has 0 bridgehead atoms. The van der Waals surface area contributed by atoms with E-state index in [1.54, 1.807) is 6.07 Å². The van der Waals surface area contributed by atoms with Crippen molar-refractivity contribution in [1.82, 2.24) is 19.6 Å². The fourth-order valence-electron chi connectivity index (χ4n) is 3.89. The van der Waals surface area contributed by atoms with Crippen LogP contribution in [0.15, 0.2) is 34.9 Å². The number of hydrogen-bond acceptors (Lipinski definition) is 4. The summed E-state index contributed by atoms with van der Waals surface area (Å²) >= 11 is 6.22. The predicted molar refractivity (Wildman–Crippen MR) is 113 cm³/mol. The summed E-state index contributed by atoms with van der Waals surface area (Å²) in [6.45, 7) is 4.60. The van der Waals surface area contributed by atoms with Gasteiger partial charge in [0.15, 0.2) is 5.69 Å². The molecule has 29 heavy (non-hydrogen) atoms. The van der Waals surface area contributed by atoms with Crippen LogP contribution in [0.5, 0.6) is 0 Å². The number of hydrogen-bond donors (Lipinski definition) is 1. The van der Waals surface area contributed by atoms with Gasteiger partial charge in [-0.25, -0.2) is 4.98 Å². The largest absolute Gasteiger partial charge is 0.465 e. The number of aryl methyl sites for hydroxylation is 1. The summed E-state index contributed by atoms with van der Waals surface area (Å²) in [5.41, 5.74) is 2.07. The minimum absolute atomic E-state index is 0.0114. The Kier molecular flexibility index (Phi) is 6.21. The van der Waals surface area contributed by atoms with Crippen molar-refractivity contribution in [3.63, 3.8) is 0 Å². The number of nitrogens with zero attached hydrogens (tertiary/aromatic N) is 3. The molecule has 3 aromatic heterocycles. The fraction of sp³-hybridized carbons (Fsp3) is 0.455. The van der Waals surface area contributed by atoms with E-state index in [4.69, 9.17) is 16.0 Å². The summed E-state index contributed by atoms with van der Waals surface area (Å²) < 4.78 is 7.54. The number of fused-ring (bicyclic) bond motifs is 1. The van der Waals surface area contributed by atoms with Crippen LogP contribution in [0, 0.1) is 6.92 Å². The van der Waals surface area contributed by atoms with Crippen molar-refractivity contribution in [2.24, 2.45) is 0 Å². The number of pyridine rings is 1. The van der Waals surface area contributed by atoms with E-state index < -0.39 is 0 Å². The number of carbonyl (C=O) groups excluding carboxylic acids is 1. The molecule has 0 saturated carbocycles. The van der Waals surface area contributed by atoms with Crippen LogP contribution in [0.1, 0.15) is 59.8 Å². The Labute approximate surface area is 175 Å². The molecule has 1 N–H and O–H groups in total. The molecule has 1 saturated heterocycles. The molecule has 154 valence electrons. The van der Waals surface area contributed by atoms with E-state index in [0.29, 0.717) is 23.8 Å². The average molecular weight is 415 g/mol. The van der Waals surface area contributed by atoms with E-state index in [0.717, 1.165) is 48.8 Å². The van der Waals surface area contributed by atoms with Gasteiger partial charge in [0, 0.05) is 25.8 Å². The second kappa shape index (κ2) is 9.01. The lowest BCUT2D eigenvalue weighted by molar-refractivity contribution is 0.0735. The van der Waals surface area contributed by atoms with Crippen molar-refractivity contribution in [1.29, 1.82) is 0 Å². The number of aromatic nitrogens is 2. The molecule has 1 fully saturated rings. The topological polar surface area (TPSA) is 62.8 Å². The number of likely N-dealkylation sites (tertiary alicyclic amines) is 1. The Balaban J connectivity index is 1.59. The Morgan fingerprint density at radius 1 is 1.10 bits per heavy atom. The minimum atomic E-state index is 0.0114. The van der Waals surface area contributed by atoms with Gasteiger partial charge in [0.1, 0.15) is 17.2 Å². The maximum Gasteiger partial charge on any atom is 0.274 e. The maximum atomic E-state index is 13.3. The van der Waals surface area contributed by atoms with Crippen molar-refractivity contribution < 1.29 is 9.21 Å². The van der Waals surface area contributed by atoms with Crippen LogP contribution in [0.2, 0.25) is 5.02 Å². The second-order valence-corrected chi connectivity index (χ2v) is 8.09. The molecular formula is C22H27ClN4O2. The van der Waals surface area contributed by atoms with E-state index in [1.165, 1.54) is 19.3 Å². The molecular weight excluding hydrogens is 388 g/mol. The van der Waals surface area contributed by atoms with Gasteiger partial charge in [0.2, 0.25) is 0 Å². The lowest BCUT2D eigenvalue weighted by atomic mass is 10.1. The number of halogens is 1. The number of nitrogens with one attached hydrogen (secondary N) is 1. The molecule has 7 heteroatoms. The monoisotopic (exact) mass is 414 g/mol. The Bertz CT molecular complexity index is 986. The van der Waals surface area contributed by atoms with E-state index in [9.17, 15) is 4.79 Å². The van der Waals surface area contributed by atoms with E-state index in [2.05, 4.69) is 10.3 Å². The van der Waals surface area contributed by atoms with Gasteiger partial charge < -0.3 is 19.0 Å². The Morgan fingerprint density at radius 2 is 1.86 bits per heavy atom. The third kappa shape index (κ3) is 4.65. The number of furan rings is 1. The van der Waals surface area contributed by atoms with Gasteiger partial charge in [-0.2, -0.15) is 0 Å². The van der Waals surface area contributed by atoms with Gasteiger partial charge in [-0.15, -0.1) is 0 Å². The molecule has 0 aromatic carbocycles. The number of imidazole rings is 1. The summed E-state index contributed by atoms with van der Waals surface area (Å²) in [7, 11) is 0. The third-order valence-electron chi connectivity index (χ3n) is 5.41. The van der Waals surface area contributed by atoms with Crippen LogP contribution in [-0.4, -0.2) is 33.3 Å². The predicted octanol–water partition coefficient (Wildman–Crippen LogP) is 4.59. The third-order valence-corrected chi connectivity index (χ3v) is 5.64. The molecule has 4 rings (SSSR count). The van der Waals surface area contributed by atoms with Crippen LogP contribution in [0.25, 0.3) is 5.65 Å². The first-order valence-corrected chi connectivity index (χ1v) is 10.7. The van der Waals surface area contributed by atoms with Crippen LogP contribution in [0.4, 0.5) is 0 Å². The maximum absolute atomic E-state index is 13.3. The van der Waals surface area contributed by atoms with Gasteiger partial charge in [0.25, 0.3) is 5.91 Å². The fourth-order valence-corrected chi connectivity index (χ4v) is 4.05. The molecule has 0 aliphatic carbocycles. The summed E-state index contributed by atoms with van der Waals surface area (Å²) in [5.74, 6) is 1.76. The highest BCUT2D eigenvalue weighted by molar-refractivity contribution is 6.30. The summed E-state index contributed by atoms with van der Waals surface area (Å²) in [4.78, 5) is 20.0. The average Bonchev–Trinajstić information content (AvgIpc) is 3.24. The van der Waals surface area contributed by atoms with Crippen molar-refractivity contribution in [2.45, 2.75) is 52.1 Å². The summed E-state index contributed by atoms with van der Waals surface area (Å²) in [6.07, 6.45) is 7.55. The van der Waals surface area contributed by atoms with Crippen LogP contribution in [0.3, 0.4) is 0 Å². The van der Waals surface area contributed by atoms with E-state index in [1.807, 2.05) is 40.6 Å². The zero-order chi connectivity index (χ0) is 20.2. The lowest BCUT2D eigenvalue weighted by Gasteiger charge is -2.24. The molecule has 0 radical (unpaired) electrons. The quantitative estimate of drug-likeness (QED) is 0.663. The van der Waals surface area contributed by atoms with E-state index >= 15 is 0 Å². The smallest absolute Gasteiger partial charge is 0.274 e. The van der Waals surface area contributed by atoms with Crippen molar-refractivity contribution >= 4 is 23.2 Å². The van der Waals surface area contributed by atoms with Gasteiger partial charge in [-0.05, 0) is 44.0 Å². The number of amides is 1. The molecule has 1 aliphatic rings. The zero-order valence-corrected chi connectivity index (χ0v) is 17.5. The van der Waals surface area contributed by atoms with Crippen molar-refractivity contribution in [3.05, 3.63) is 58.4 Å². The molecule has 0 unspecified atom stereocenters. The van der Waals surface area contributed by atoms with Gasteiger partial charge in [-0.1, -0.05) is 30.9 Å². The number of carbonyl (C=O) groups is 1. The lowest BCUT2D eigenvalue weighted by Crippen LogP contribution is -2.35. The number of rotatable bonds is 5. The van der Waals surface area contributed by atoms with Gasteiger partial charge in [0.05, 0.1) is 17.3 Å². The Morgan fingerprint density at radius 3 is 2.59 bits per heavy atom.